The van der Waals surface area contributed by atoms with E-state index in [0.717, 1.165) is 12.1 Å². The molecule has 0 fully saturated rings. The average Bonchev–Trinajstić information content (AvgIpc) is 2.82. The number of nitrogens with one attached hydrogen (secondary N) is 1. The summed E-state index contributed by atoms with van der Waals surface area (Å²) in [5.41, 5.74) is -0.0558. The number of rotatable bonds is 5. The maximum atomic E-state index is 10.7. The highest BCUT2D eigenvalue weighted by molar-refractivity contribution is 7.17. The summed E-state index contributed by atoms with van der Waals surface area (Å²) in [5, 5.41) is 17.2. The number of alkyl halides is 1. The second kappa shape index (κ2) is 5.57. The Hall–Kier alpha value is -0.610. The lowest BCUT2D eigenvalue weighted by molar-refractivity contribution is 0.0235. The molecule has 1 aromatic carbocycles. The second-order valence-corrected chi connectivity index (χ2v) is 5.84. The van der Waals surface area contributed by atoms with Crippen LogP contribution in [0, 0.1) is 0 Å². The van der Waals surface area contributed by atoms with Crippen LogP contribution in [-0.4, -0.2) is 23.6 Å². The van der Waals surface area contributed by atoms with Gasteiger partial charge in [0.1, 0.15) is 5.60 Å². The molecule has 0 saturated heterocycles. The Morgan fingerprint density at radius 1 is 1.44 bits per heavy atom. The van der Waals surface area contributed by atoms with E-state index in [1.54, 1.807) is 11.3 Å². The zero-order valence-electron chi connectivity index (χ0n) is 10.6. The SMILES string of the molecule is CCNC(CCl)C(C)(O)c1ccc2ccsc2c1. The Kier molecular flexibility index (Phi) is 4.28. The Balaban J connectivity index is 2.37. The molecule has 2 atom stereocenters. The average molecular weight is 284 g/mol. The van der Waals surface area contributed by atoms with Crippen molar-refractivity contribution in [1.82, 2.24) is 5.32 Å². The molecule has 1 heterocycles. The summed E-state index contributed by atoms with van der Waals surface area (Å²) in [7, 11) is 0. The minimum atomic E-state index is -0.962. The molecule has 0 aliphatic carbocycles. The van der Waals surface area contributed by atoms with Gasteiger partial charge in [0, 0.05) is 10.6 Å². The van der Waals surface area contributed by atoms with Crippen molar-refractivity contribution in [3.8, 4) is 0 Å². The minimum Gasteiger partial charge on any atom is -0.384 e. The first-order valence-electron chi connectivity index (χ1n) is 6.09. The van der Waals surface area contributed by atoms with Gasteiger partial charge in [-0.15, -0.1) is 22.9 Å². The summed E-state index contributed by atoms with van der Waals surface area (Å²) in [6.45, 7) is 4.62. The lowest BCUT2D eigenvalue weighted by atomic mass is 9.88. The van der Waals surface area contributed by atoms with Gasteiger partial charge in [0.15, 0.2) is 0 Å². The van der Waals surface area contributed by atoms with Gasteiger partial charge in [-0.05, 0) is 41.9 Å². The van der Waals surface area contributed by atoms with Crippen molar-refractivity contribution in [2.75, 3.05) is 12.4 Å². The van der Waals surface area contributed by atoms with E-state index in [0.29, 0.717) is 5.88 Å². The third-order valence-corrected chi connectivity index (χ3v) is 4.51. The second-order valence-electron chi connectivity index (χ2n) is 4.59. The first kappa shape index (κ1) is 13.8. The lowest BCUT2D eigenvalue weighted by Gasteiger charge is -2.32. The van der Waals surface area contributed by atoms with Crippen LogP contribution in [-0.2, 0) is 5.60 Å². The molecule has 2 rings (SSSR count). The monoisotopic (exact) mass is 283 g/mol. The molecule has 2 aromatic rings. The van der Waals surface area contributed by atoms with Gasteiger partial charge < -0.3 is 10.4 Å². The van der Waals surface area contributed by atoms with Gasteiger partial charge in [0.25, 0.3) is 0 Å². The molecule has 98 valence electrons. The van der Waals surface area contributed by atoms with E-state index in [4.69, 9.17) is 11.6 Å². The number of fused-ring (bicyclic) bond motifs is 1. The normalized spacial score (nSPS) is 16.7. The Morgan fingerprint density at radius 3 is 2.89 bits per heavy atom. The van der Waals surface area contributed by atoms with Crippen LogP contribution in [0.15, 0.2) is 29.6 Å². The molecule has 2 N–H and O–H groups in total. The Bertz CT molecular complexity index is 523. The predicted molar refractivity (Wildman–Crippen MR) is 79.6 cm³/mol. The molecule has 0 radical (unpaired) electrons. The van der Waals surface area contributed by atoms with Crippen LogP contribution in [0.1, 0.15) is 19.4 Å². The van der Waals surface area contributed by atoms with Crippen LogP contribution in [0.3, 0.4) is 0 Å². The fourth-order valence-electron chi connectivity index (χ4n) is 2.12. The molecule has 4 heteroatoms. The molecule has 2 unspecified atom stereocenters. The van der Waals surface area contributed by atoms with Gasteiger partial charge in [-0.1, -0.05) is 19.1 Å². The van der Waals surface area contributed by atoms with Crippen molar-refractivity contribution in [3.05, 3.63) is 35.2 Å². The number of halogens is 1. The third kappa shape index (κ3) is 2.54. The first-order valence-corrected chi connectivity index (χ1v) is 7.50. The Morgan fingerprint density at radius 2 is 2.22 bits per heavy atom. The number of hydrogen-bond donors (Lipinski definition) is 2. The molecule has 0 aliphatic heterocycles. The summed E-state index contributed by atoms with van der Waals surface area (Å²) < 4.78 is 1.19. The summed E-state index contributed by atoms with van der Waals surface area (Å²) in [5.74, 6) is 0.378. The molecule has 1 aromatic heterocycles. The van der Waals surface area contributed by atoms with E-state index in [-0.39, 0.29) is 6.04 Å². The van der Waals surface area contributed by atoms with Crippen molar-refractivity contribution in [3.63, 3.8) is 0 Å². The first-order chi connectivity index (χ1) is 8.59. The summed E-state index contributed by atoms with van der Waals surface area (Å²) in [4.78, 5) is 0. The van der Waals surface area contributed by atoms with Crippen molar-refractivity contribution in [2.45, 2.75) is 25.5 Å². The van der Waals surface area contributed by atoms with Crippen LogP contribution < -0.4 is 5.32 Å². The van der Waals surface area contributed by atoms with E-state index in [1.807, 2.05) is 26.0 Å². The van der Waals surface area contributed by atoms with Crippen LogP contribution in [0.2, 0.25) is 0 Å². The molecule has 2 nitrogen and oxygen atoms in total. The third-order valence-electron chi connectivity index (χ3n) is 3.32. The zero-order chi connectivity index (χ0) is 13.2. The van der Waals surface area contributed by atoms with Gasteiger partial charge in [0.2, 0.25) is 0 Å². The van der Waals surface area contributed by atoms with E-state index in [9.17, 15) is 5.11 Å². The standard InChI is InChI=1S/C14H18ClNOS/c1-3-16-13(9-15)14(2,17)11-5-4-10-6-7-18-12(10)8-11/h4-8,13,16-17H,3,9H2,1-2H3. The predicted octanol–water partition coefficient (Wildman–Crippen LogP) is 3.33. The molecule has 0 aliphatic rings. The summed E-state index contributed by atoms with van der Waals surface area (Å²) in [6, 6.07) is 8.01. The largest absolute Gasteiger partial charge is 0.384 e. The van der Waals surface area contributed by atoms with E-state index >= 15 is 0 Å². The highest BCUT2D eigenvalue weighted by atomic mass is 35.5. The zero-order valence-corrected chi connectivity index (χ0v) is 12.2. The van der Waals surface area contributed by atoms with Crippen molar-refractivity contribution >= 4 is 33.0 Å². The fourth-order valence-corrected chi connectivity index (χ4v) is 3.36. The minimum absolute atomic E-state index is 0.151. The molecule has 0 saturated carbocycles. The van der Waals surface area contributed by atoms with Crippen LogP contribution in [0.5, 0.6) is 0 Å². The summed E-state index contributed by atoms with van der Waals surface area (Å²) in [6.07, 6.45) is 0. The van der Waals surface area contributed by atoms with Crippen LogP contribution in [0.4, 0.5) is 0 Å². The van der Waals surface area contributed by atoms with E-state index < -0.39 is 5.60 Å². The highest BCUT2D eigenvalue weighted by Gasteiger charge is 2.32. The van der Waals surface area contributed by atoms with Crippen LogP contribution >= 0.6 is 22.9 Å². The molecular weight excluding hydrogens is 266 g/mol. The smallest absolute Gasteiger partial charge is 0.103 e. The highest BCUT2D eigenvalue weighted by Crippen LogP contribution is 2.30. The molecule has 0 bridgehead atoms. The Labute approximate surface area is 117 Å². The quantitative estimate of drug-likeness (QED) is 0.825. The number of benzene rings is 1. The van der Waals surface area contributed by atoms with Gasteiger partial charge in [-0.2, -0.15) is 0 Å². The molecule has 0 amide bonds. The molecule has 0 spiro atoms. The van der Waals surface area contributed by atoms with Gasteiger partial charge in [-0.25, -0.2) is 0 Å². The van der Waals surface area contributed by atoms with Crippen molar-refractivity contribution in [2.24, 2.45) is 0 Å². The number of thiophene rings is 1. The van der Waals surface area contributed by atoms with Gasteiger partial charge in [0.05, 0.1) is 6.04 Å². The number of hydrogen-bond acceptors (Lipinski definition) is 3. The van der Waals surface area contributed by atoms with Crippen molar-refractivity contribution in [1.29, 1.82) is 0 Å². The van der Waals surface area contributed by atoms with Crippen LogP contribution in [0.25, 0.3) is 10.1 Å². The lowest BCUT2D eigenvalue weighted by Crippen LogP contribution is -2.48. The number of likely N-dealkylation sites (N-methyl/N-ethyl adjacent to an activating group) is 1. The van der Waals surface area contributed by atoms with Gasteiger partial charge in [-0.3, -0.25) is 0 Å². The van der Waals surface area contributed by atoms with Crippen molar-refractivity contribution < 1.29 is 5.11 Å². The molecular formula is C14H18ClNOS. The maximum absolute atomic E-state index is 10.7. The number of aliphatic hydroxyl groups is 1. The van der Waals surface area contributed by atoms with E-state index in [1.165, 1.54) is 10.1 Å². The molecule has 18 heavy (non-hydrogen) atoms. The van der Waals surface area contributed by atoms with Gasteiger partial charge >= 0.3 is 0 Å². The topological polar surface area (TPSA) is 32.3 Å². The summed E-state index contributed by atoms with van der Waals surface area (Å²) >= 11 is 7.64. The fraction of sp³-hybridized carbons (Fsp3) is 0.429. The van der Waals surface area contributed by atoms with E-state index in [2.05, 4.69) is 22.8 Å². The maximum Gasteiger partial charge on any atom is 0.103 e.